The highest BCUT2D eigenvalue weighted by Crippen LogP contribution is 2.14. The van der Waals surface area contributed by atoms with Gasteiger partial charge in [-0.25, -0.2) is 13.6 Å². The largest absolute Gasteiger partial charge is 0.349 e. The van der Waals surface area contributed by atoms with E-state index in [1.54, 1.807) is 13.0 Å². The lowest BCUT2D eigenvalue weighted by atomic mass is 10.1. The van der Waals surface area contributed by atoms with Crippen LogP contribution in [0, 0.1) is 12.8 Å². The zero-order valence-corrected chi connectivity index (χ0v) is 12.4. The van der Waals surface area contributed by atoms with Gasteiger partial charge >= 0.3 is 0 Å². The van der Waals surface area contributed by atoms with Gasteiger partial charge in [0.15, 0.2) is 0 Å². The molecule has 0 saturated heterocycles. The van der Waals surface area contributed by atoms with Gasteiger partial charge in [0.1, 0.15) is 0 Å². The van der Waals surface area contributed by atoms with Crippen molar-refractivity contribution in [2.45, 2.75) is 38.6 Å². The average Bonchev–Trinajstić information content (AvgIpc) is 2.26. The van der Waals surface area contributed by atoms with Crippen LogP contribution >= 0.6 is 0 Å². The molecule has 0 radical (unpaired) electrons. The van der Waals surface area contributed by atoms with E-state index in [0.717, 1.165) is 0 Å². The van der Waals surface area contributed by atoms with E-state index in [4.69, 9.17) is 5.14 Å². The van der Waals surface area contributed by atoms with Crippen molar-refractivity contribution in [2.24, 2.45) is 11.1 Å². The summed E-state index contributed by atoms with van der Waals surface area (Å²) >= 11 is 0. The predicted molar refractivity (Wildman–Crippen MR) is 74.3 cm³/mol. The second-order valence-electron chi connectivity index (χ2n) is 5.09. The highest BCUT2D eigenvalue weighted by Gasteiger charge is 2.16. The van der Waals surface area contributed by atoms with Crippen molar-refractivity contribution in [1.29, 1.82) is 0 Å². The highest BCUT2D eigenvalue weighted by atomic mass is 32.2. The van der Waals surface area contributed by atoms with Gasteiger partial charge in [0.05, 0.1) is 4.90 Å². The summed E-state index contributed by atoms with van der Waals surface area (Å²) in [5.41, 5.74) is 0.977. The molecule has 1 unspecified atom stereocenters. The normalized spacial score (nSPS) is 13.4. The smallest absolute Gasteiger partial charge is 0.251 e. The molecule has 0 aliphatic carbocycles. The molecule has 1 rings (SSSR count). The SMILES string of the molecule is Cc1cc(C(=O)NC(C)C(C)C)cc(S(N)(=O)=O)c1. The second-order valence-corrected chi connectivity index (χ2v) is 6.65. The molecule has 0 saturated carbocycles. The van der Waals surface area contributed by atoms with Crippen molar-refractivity contribution in [3.63, 3.8) is 0 Å². The fourth-order valence-electron chi connectivity index (χ4n) is 1.50. The van der Waals surface area contributed by atoms with Gasteiger partial charge in [0, 0.05) is 11.6 Å². The molecule has 0 heterocycles. The summed E-state index contributed by atoms with van der Waals surface area (Å²) < 4.78 is 22.7. The van der Waals surface area contributed by atoms with Crippen molar-refractivity contribution in [3.8, 4) is 0 Å². The fraction of sp³-hybridized carbons (Fsp3) is 0.462. The molecule has 6 heteroatoms. The van der Waals surface area contributed by atoms with Crippen molar-refractivity contribution in [2.75, 3.05) is 0 Å². The minimum atomic E-state index is -3.81. The Kier molecular flexibility index (Phi) is 4.70. The van der Waals surface area contributed by atoms with Crippen molar-refractivity contribution >= 4 is 15.9 Å². The summed E-state index contributed by atoms with van der Waals surface area (Å²) in [5, 5.41) is 7.91. The Morgan fingerprint density at radius 3 is 2.26 bits per heavy atom. The van der Waals surface area contributed by atoms with Crippen molar-refractivity contribution < 1.29 is 13.2 Å². The molecule has 5 nitrogen and oxygen atoms in total. The van der Waals surface area contributed by atoms with Gasteiger partial charge in [-0.15, -0.1) is 0 Å². The maximum atomic E-state index is 12.0. The van der Waals surface area contributed by atoms with Gasteiger partial charge in [0.2, 0.25) is 10.0 Å². The lowest BCUT2D eigenvalue weighted by Gasteiger charge is -2.17. The van der Waals surface area contributed by atoms with Crippen LogP contribution in [-0.2, 0) is 10.0 Å². The summed E-state index contributed by atoms with van der Waals surface area (Å²) in [5.74, 6) is 0.00118. The number of hydrogen-bond acceptors (Lipinski definition) is 3. The third kappa shape index (κ3) is 4.33. The van der Waals surface area contributed by atoms with Crippen molar-refractivity contribution in [3.05, 3.63) is 29.3 Å². The molecule has 1 aromatic rings. The Morgan fingerprint density at radius 2 is 1.79 bits per heavy atom. The lowest BCUT2D eigenvalue weighted by molar-refractivity contribution is 0.0930. The van der Waals surface area contributed by atoms with E-state index in [1.807, 2.05) is 20.8 Å². The van der Waals surface area contributed by atoms with Crippen LogP contribution in [0.2, 0.25) is 0 Å². The number of nitrogens with one attached hydrogen (secondary N) is 1. The molecule has 106 valence electrons. The summed E-state index contributed by atoms with van der Waals surface area (Å²) in [7, 11) is -3.81. The number of nitrogens with two attached hydrogens (primary N) is 1. The first kappa shape index (κ1) is 15.7. The van der Waals surface area contributed by atoms with Crippen molar-refractivity contribution in [1.82, 2.24) is 5.32 Å². The van der Waals surface area contributed by atoms with Crippen LogP contribution in [0.5, 0.6) is 0 Å². The van der Waals surface area contributed by atoms with Crippen LogP contribution in [0.1, 0.15) is 36.7 Å². The number of hydrogen-bond donors (Lipinski definition) is 2. The number of amides is 1. The number of rotatable bonds is 4. The number of carbonyl (C=O) groups is 1. The molecule has 1 aromatic carbocycles. The number of primary sulfonamides is 1. The van der Waals surface area contributed by atoms with Gasteiger partial charge < -0.3 is 5.32 Å². The lowest BCUT2D eigenvalue weighted by Crippen LogP contribution is -2.36. The van der Waals surface area contributed by atoms with Gasteiger partial charge in [0.25, 0.3) is 5.91 Å². The molecule has 0 spiro atoms. The van der Waals surface area contributed by atoms with Gasteiger partial charge in [-0.2, -0.15) is 0 Å². The Bertz CT molecular complexity index is 580. The van der Waals surface area contributed by atoms with Crippen LogP contribution in [0.3, 0.4) is 0 Å². The molecule has 0 aromatic heterocycles. The Morgan fingerprint density at radius 1 is 1.21 bits per heavy atom. The molecular weight excluding hydrogens is 264 g/mol. The zero-order chi connectivity index (χ0) is 14.8. The molecule has 0 bridgehead atoms. The predicted octanol–water partition coefficient (Wildman–Crippen LogP) is 1.42. The van der Waals surface area contributed by atoms with E-state index in [2.05, 4.69) is 5.32 Å². The highest BCUT2D eigenvalue weighted by molar-refractivity contribution is 7.89. The van der Waals surface area contributed by atoms with Gasteiger partial charge in [-0.05, 0) is 43.5 Å². The molecule has 0 aliphatic heterocycles. The first-order valence-corrected chi connectivity index (χ1v) is 7.61. The molecular formula is C13H20N2O3S. The number of sulfonamides is 1. The number of aryl methyl sites for hydroxylation is 1. The third-order valence-corrected chi connectivity index (χ3v) is 3.89. The minimum Gasteiger partial charge on any atom is -0.349 e. The van der Waals surface area contributed by atoms with Crippen LogP contribution in [0.25, 0.3) is 0 Å². The second kappa shape index (κ2) is 5.71. The summed E-state index contributed by atoms with van der Waals surface area (Å²) in [6.45, 7) is 7.62. The third-order valence-electron chi connectivity index (χ3n) is 3.00. The molecule has 1 atom stereocenters. The molecule has 0 aliphatic rings. The van der Waals surface area contributed by atoms with Crippen LogP contribution in [-0.4, -0.2) is 20.4 Å². The summed E-state index contributed by atoms with van der Waals surface area (Å²) in [6.07, 6.45) is 0. The summed E-state index contributed by atoms with van der Waals surface area (Å²) in [4.78, 5) is 12.0. The quantitative estimate of drug-likeness (QED) is 0.876. The van der Waals surface area contributed by atoms with Gasteiger partial charge in [-0.3, -0.25) is 4.79 Å². The maximum Gasteiger partial charge on any atom is 0.251 e. The van der Waals surface area contributed by atoms with E-state index in [0.29, 0.717) is 17.0 Å². The fourth-order valence-corrected chi connectivity index (χ4v) is 2.14. The molecule has 1 amide bonds. The first-order valence-electron chi connectivity index (χ1n) is 6.06. The topological polar surface area (TPSA) is 89.3 Å². The monoisotopic (exact) mass is 284 g/mol. The standard InChI is InChI=1S/C13H20N2O3S/c1-8(2)10(4)15-13(16)11-5-9(3)6-12(7-11)19(14,17)18/h5-8,10H,1-4H3,(H,15,16)(H2,14,17,18). The Labute approximate surface area is 114 Å². The summed E-state index contributed by atoms with van der Waals surface area (Å²) in [6, 6.07) is 4.38. The minimum absolute atomic E-state index is 0.00551. The van der Waals surface area contributed by atoms with Gasteiger partial charge in [-0.1, -0.05) is 13.8 Å². The molecule has 3 N–H and O–H groups in total. The van der Waals surface area contributed by atoms with E-state index in [1.165, 1.54) is 12.1 Å². The number of benzene rings is 1. The van der Waals surface area contributed by atoms with Crippen LogP contribution < -0.4 is 10.5 Å². The van der Waals surface area contributed by atoms with Crippen LogP contribution in [0.4, 0.5) is 0 Å². The Balaban J connectivity index is 3.08. The maximum absolute atomic E-state index is 12.0. The zero-order valence-electron chi connectivity index (χ0n) is 11.6. The van der Waals surface area contributed by atoms with E-state index < -0.39 is 10.0 Å². The van der Waals surface area contributed by atoms with E-state index >= 15 is 0 Å². The first-order chi connectivity index (χ1) is 8.61. The van der Waals surface area contributed by atoms with E-state index in [9.17, 15) is 13.2 Å². The Hall–Kier alpha value is -1.40. The number of carbonyl (C=O) groups excluding carboxylic acids is 1. The molecule has 0 fully saturated rings. The molecule has 19 heavy (non-hydrogen) atoms. The van der Waals surface area contributed by atoms with Crippen LogP contribution in [0.15, 0.2) is 23.1 Å². The van der Waals surface area contributed by atoms with E-state index in [-0.39, 0.29) is 16.8 Å². The average molecular weight is 284 g/mol.